The number of aryl methyl sites for hydroxylation is 1. The van der Waals surface area contributed by atoms with Crippen molar-refractivity contribution in [3.8, 4) is 0 Å². The van der Waals surface area contributed by atoms with Crippen molar-refractivity contribution in [3.63, 3.8) is 0 Å². The summed E-state index contributed by atoms with van der Waals surface area (Å²) in [7, 11) is 1.40. The van der Waals surface area contributed by atoms with Gasteiger partial charge < -0.3 is 4.74 Å². The van der Waals surface area contributed by atoms with Crippen LogP contribution in [0.5, 0.6) is 0 Å². The fourth-order valence-electron chi connectivity index (χ4n) is 1.54. The predicted molar refractivity (Wildman–Crippen MR) is 64.3 cm³/mol. The van der Waals surface area contributed by atoms with Crippen LogP contribution in [0, 0.1) is 12.8 Å². The normalized spacial score (nSPS) is 12.5. The van der Waals surface area contributed by atoms with Gasteiger partial charge in [0.1, 0.15) is 11.9 Å². The average Bonchev–Trinajstić information content (AvgIpc) is 2.28. The number of hydrogen-bond acceptors (Lipinski definition) is 5. The molecule has 0 radical (unpaired) electrons. The summed E-state index contributed by atoms with van der Waals surface area (Å²) in [4.78, 5) is 19.8. The third-order valence-corrected chi connectivity index (χ3v) is 2.46. The monoisotopic (exact) mass is 237 g/mol. The lowest BCUT2D eigenvalue weighted by Gasteiger charge is -2.19. The number of aromatic nitrogens is 2. The lowest BCUT2D eigenvalue weighted by molar-refractivity contribution is -0.144. The molecule has 5 nitrogen and oxygen atoms in total. The minimum Gasteiger partial charge on any atom is -0.468 e. The second kappa shape index (κ2) is 6.30. The smallest absolute Gasteiger partial charge is 0.323 e. The Bertz CT molecular complexity index is 380. The van der Waals surface area contributed by atoms with E-state index in [9.17, 15) is 4.79 Å². The highest BCUT2D eigenvalue weighted by atomic mass is 16.5. The maximum absolute atomic E-state index is 11.5. The van der Waals surface area contributed by atoms with Crippen molar-refractivity contribution in [2.45, 2.75) is 33.4 Å². The third-order valence-electron chi connectivity index (χ3n) is 2.46. The topological polar surface area (TPSA) is 64.1 Å². The first-order valence-corrected chi connectivity index (χ1v) is 5.64. The molecule has 1 aromatic rings. The van der Waals surface area contributed by atoms with Gasteiger partial charge in [-0.1, -0.05) is 13.8 Å². The number of nitrogens with one attached hydrogen (secondary N) is 1. The molecule has 1 heterocycles. The first-order chi connectivity index (χ1) is 8.04. The summed E-state index contributed by atoms with van der Waals surface area (Å²) in [5, 5.41) is 3.15. The van der Waals surface area contributed by atoms with Gasteiger partial charge in [-0.05, 0) is 18.9 Å². The van der Waals surface area contributed by atoms with E-state index in [4.69, 9.17) is 4.74 Å². The lowest BCUT2D eigenvalue weighted by atomic mass is 10.0. The Morgan fingerprint density at radius 3 is 2.76 bits per heavy atom. The van der Waals surface area contributed by atoms with Crippen molar-refractivity contribution in [1.82, 2.24) is 15.3 Å². The Balaban J connectivity index is 2.61. The molecule has 0 bridgehead atoms. The molecule has 1 N–H and O–H groups in total. The Morgan fingerprint density at radius 1 is 1.53 bits per heavy atom. The molecule has 0 aliphatic heterocycles. The van der Waals surface area contributed by atoms with Crippen molar-refractivity contribution >= 4 is 5.97 Å². The Hall–Kier alpha value is -1.49. The molecule has 5 heteroatoms. The minimum atomic E-state index is -0.310. The van der Waals surface area contributed by atoms with Crippen LogP contribution in [0.25, 0.3) is 0 Å². The van der Waals surface area contributed by atoms with Gasteiger partial charge in [-0.2, -0.15) is 0 Å². The summed E-state index contributed by atoms with van der Waals surface area (Å²) in [6.07, 6.45) is 1.71. The van der Waals surface area contributed by atoms with Gasteiger partial charge >= 0.3 is 5.97 Å². The van der Waals surface area contributed by atoms with Gasteiger partial charge in [0, 0.05) is 12.7 Å². The summed E-state index contributed by atoms with van der Waals surface area (Å²) in [5.41, 5.74) is 0.868. The van der Waals surface area contributed by atoms with Gasteiger partial charge in [0.25, 0.3) is 0 Å². The highest BCUT2D eigenvalue weighted by Crippen LogP contribution is 2.05. The van der Waals surface area contributed by atoms with Crippen LogP contribution >= 0.6 is 0 Å². The summed E-state index contributed by atoms with van der Waals surface area (Å²) < 4.78 is 4.75. The van der Waals surface area contributed by atoms with Crippen molar-refractivity contribution in [3.05, 3.63) is 23.8 Å². The first kappa shape index (κ1) is 13.6. The molecule has 0 fully saturated rings. The van der Waals surface area contributed by atoms with E-state index in [1.807, 2.05) is 26.8 Å². The van der Waals surface area contributed by atoms with E-state index in [1.54, 1.807) is 6.20 Å². The number of methoxy groups -OCH3 is 1. The molecular weight excluding hydrogens is 218 g/mol. The van der Waals surface area contributed by atoms with Crippen LogP contribution in [0.1, 0.15) is 25.4 Å². The zero-order chi connectivity index (χ0) is 12.8. The Labute approximate surface area is 102 Å². The van der Waals surface area contributed by atoms with Crippen LogP contribution in [-0.2, 0) is 16.1 Å². The molecule has 1 aromatic heterocycles. The number of hydrogen-bond donors (Lipinski definition) is 1. The van der Waals surface area contributed by atoms with Gasteiger partial charge in [0.15, 0.2) is 0 Å². The summed E-state index contributed by atoms with van der Waals surface area (Å²) in [6, 6.07) is 1.52. The number of ether oxygens (including phenoxy) is 1. The number of carbonyl (C=O) groups is 1. The maximum Gasteiger partial charge on any atom is 0.323 e. The maximum atomic E-state index is 11.5. The standard InChI is InChI=1S/C12H19N3O2/c1-8(2)11(12(16)17-4)14-7-10-5-6-13-9(3)15-10/h5-6,8,11,14H,7H2,1-4H3/t11-/m0/s1. The molecular formula is C12H19N3O2. The van der Waals surface area contributed by atoms with Gasteiger partial charge in [-0.25, -0.2) is 9.97 Å². The van der Waals surface area contributed by atoms with Crippen LogP contribution in [0.3, 0.4) is 0 Å². The average molecular weight is 237 g/mol. The molecule has 0 unspecified atom stereocenters. The van der Waals surface area contributed by atoms with E-state index in [1.165, 1.54) is 7.11 Å². The van der Waals surface area contributed by atoms with Crippen molar-refractivity contribution < 1.29 is 9.53 Å². The number of carbonyl (C=O) groups excluding carboxylic acids is 1. The fraction of sp³-hybridized carbons (Fsp3) is 0.583. The second-order valence-electron chi connectivity index (χ2n) is 4.22. The van der Waals surface area contributed by atoms with Gasteiger partial charge in [-0.3, -0.25) is 10.1 Å². The molecule has 94 valence electrons. The molecule has 0 aliphatic carbocycles. The van der Waals surface area contributed by atoms with Crippen molar-refractivity contribution in [2.75, 3.05) is 7.11 Å². The quantitative estimate of drug-likeness (QED) is 0.776. The number of rotatable bonds is 5. The molecule has 1 atom stereocenters. The van der Waals surface area contributed by atoms with Gasteiger partial charge in [0.05, 0.1) is 12.8 Å². The van der Waals surface area contributed by atoms with E-state index in [2.05, 4.69) is 15.3 Å². The summed E-state index contributed by atoms with van der Waals surface area (Å²) in [6.45, 7) is 6.31. The molecule has 0 saturated heterocycles. The molecule has 1 rings (SSSR count). The first-order valence-electron chi connectivity index (χ1n) is 5.64. The van der Waals surface area contributed by atoms with Crippen LogP contribution in [0.2, 0.25) is 0 Å². The van der Waals surface area contributed by atoms with Gasteiger partial charge in [-0.15, -0.1) is 0 Å². The number of nitrogens with zero attached hydrogens (tertiary/aromatic N) is 2. The SMILES string of the molecule is COC(=O)[C@@H](NCc1ccnc(C)n1)C(C)C. The van der Waals surface area contributed by atoms with E-state index in [-0.39, 0.29) is 17.9 Å². The Morgan fingerprint density at radius 2 is 2.24 bits per heavy atom. The second-order valence-corrected chi connectivity index (χ2v) is 4.22. The molecule has 0 spiro atoms. The molecule has 0 aliphatic rings. The van der Waals surface area contributed by atoms with Crippen LogP contribution in [0.15, 0.2) is 12.3 Å². The summed E-state index contributed by atoms with van der Waals surface area (Å²) >= 11 is 0. The molecule has 0 amide bonds. The van der Waals surface area contributed by atoms with Crippen molar-refractivity contribution in [1.29, 1.82) is 0 Å². The molecule has 0 aromatic carbocycles. The van der Waals surface area contributed by atoms with Crippen LogP contribution < -0.4 is 5.32 Å². The molecule has 0 saturated carbocycles. The van der Waals surface area contributed by atoms with E-state index < -0.39 is 0 Å². The Kier molecular flexibility index (Phi) is 5.03. The van der Waals surface area contributed by atoms with E-state index >= 15 is 0 Å². The van der Waals surface area contributed by atoms with E-state index in [0.29, 0.717) is 6.54 Å². The number of esters is 1. The predicted octanol–water partition coefficient (Wildman–Crippen LogP) is 1.07. The van der Waals surface area contributed by atoms with Gasteiger partial charge in [0.2, 0.25) is 0 Å². The van der Waals surface area contributed by atoms with Crippen LogP contribution in [0.4, 0.5) is 0 Å². The van der Waals surface area contributed by atoms with E-state index in [0.717, 1.165) is 11.5 Å². The largest absolute Gasteiger partial charge is 0.468 e. The zero-order valence-electron chi connectivity index (χ0n) is 10.7. The zero-order valence-corrected chi connectivity index (χ0v) is 10.7. The minimum absolute atomic E-state index is 0.172. The third kappa shape index (κ3) is 4.11. The highest BCUT2D eigenvalue weighted by molar-refractivity contribution is 5.75. The summed E-state index contributed by atoms with van der Waals surface area (Å²) in [5.74, 6) is 0.652. The molecule has 17 heavy (non-hydrogen) atoms. The van der Waals surface area contributed by atoms with Crippen molar-refractivity contribution in [2.24, 2.45) is 5.92 Å². The lowest BCUT2D eigenvalue weighted by Crippen LogP contribution is -2.41. The fourth-order valence-corrected chi connectivity index (χ4v) is 1.54. The van der Waals surface area contributed by atoms with Crippen LogP contribution in [-0.4, -0.2) is 29.1 Å². The highest BCUT2D eigenvalue weighted by Gasteiger charge is 2.22.